The lowest BCUT2D eigenvalue weighted by atomic mass is 10.0. The van der Waals surface area contributed by atoms with E-state index in [4.69, 9.17) is 14.4 Å². The van der Waals surface area contributed by atoms with Crippen LogP contribution in [0, 0.1) is 0 Å². The molecule has 0 aliphatic carbocycles. The summed E-state index contributed by atoms with van der Waals surface area (Å²) in [6, 6.07) is 56.8. The molecule has 4 heterocycles. The first-order chi connectivity index (χ1) is 23.8. The Morgan fingerprint density at radius 3 is 1.71 bits per heavy atom. The van der Waals surface area contributed by atoms with Crippen LogP contribution in [0.15, 0.2) is 182 Å². The molecule has 224 valence electrons. The van der Waals surface area contributed by atoms with Crippen LogP contribution in [0.3, 0.4) is 0 Å². The maximum absolute atomic E-state index is 6.28. The monoisotopic (exact) mass is 630 g/mol. The van der Waals surface area contributed by atoms with Gasteiger partial charge in [-0.15, -0.1) is 10.0 Å². The Kier molecular flexibility index (Phi) is 5.19. The number of aromatic nitrogens is 2. The first-order valence-electron chi connectivity index (χ1n) is 16.2. The van der Waals surface area contributed by atoms with Crippen LogP contribution < -0.4 is 0 Å². The SMILES string of the molecule is c1ccc2c(c1)-c1ccccc1S21c2ccccc2-c2cc(-c3nc(-c4ccc5c(c4)oc4ccccc45)c4ccccc4n3)ccc21. The van der Waals surface area contributed by atoms with Gasteiger partial charge in [-0.25, -0.2) is 9.97 Å². The highest BCUT2D eigenvalue weighted by molar-refractivity contribution is 8.34. The fraction of sp³-hybridized carbons (Fsp3) is 0. The lowest BCUT2D eigenvalue weighted by Gasteiger charge is -2.36. The summed E-state index contributed by atoms with van der Waals surface area (Å²) in [6.45, 7) is 0. The Bertz CT molecular complexity index is 2770. The summed E-state index contributed by atoms with van der Waals surface area (Å²) < 4.78 is 6.28. The van der Waals surface area contributed by atoms with E-state index in [9.17, 15) is 0 Å². The molecule has 4 heteroatoms. The number of furan rings is 1. The van der Waals surface area contributed by atoms with E-state index in [1.165, 1.54) is 41.8 Å². The van der Waals surface area contributed by atoms with Crippen LogP contribution in [0.4, 0.5) is 0 Å². The van der Waals surface area contributed by atoms with E-state index in [1.54, 1.807) is 0 Å². The quantitative estimate of drug-likeness (QED) is 0.191. The van der Waals surface area contributed by atoms with Crippen molar-refractivity contribution >= 4 is 42.9 Å². The minimum Gasteiger partial charge on any atom is -0.456 e. The van der Waals surface area contributed by atoms with Gasteiger partial charge in [0.25, 0.3) is 0 Å². The van der Waals surface area contributed by atoms with Crippen molar-refractivity contribution in [3.05, 3.63) is 158 Å². The molecule has 0 bridgehead atoms. The highest BCUT2D eigenvalue weighted by atomic mass is 32.3. The van der Waals surface area contributed by atoms with Crippen molar-refractivity contribution in [1.82, 2.24) is 9.97 Å². The maximum atomic E-state index is 6.28. The maximum Gasteiger partial charge on any atom is 0.160 e. The molecule has 3 nitrogen and oxygen atoms in total. The van der Waals surface area contributed by atoms with Crippen molar-refractivity contribution in [1.29, 1.82) is 0 Å². The molecule has 0 radical (unpaired) electrons. The van der Waals surface area contributed by atoms with Crippen LogP contribution in [-0.2, 0) is 0 Å². The fourth-order valence-electron chi connectivity index (χ4n) is 8.02. The van der Waals surface area contributed by atoms with Gasteiger partial charge in [0.05, 0.1) is 11.2 Å². The molecule has 0 saturated heterocycles. The van der Waals surface area contributed by atoms with Gasteiger partial charge in [-0.3, -0.25) is 0 Å². The largest absolute Gasteiger partial charge is 0.456 e. The average Bonchev–Trinajstić information content (AvgIpc) is 3.78. The smallest absolute Gasteiger partial charge is 0.160 e. The molecular weight excluding hydrogens is 605 g/mol. The standard InChI is InChI=1S/C44H26N2OS/c1-6-16-36-34(15-1)43(27-21-23-30-29-11-2-7-17-37(29)47-38(30)26-27)46-44(45-36)28-22-24-42-35(25-28)33-14-5-10-20-41(33)48(42)39-18-8-3-12-31(39)32-13-4-9-19-40(32)48/h1-26H. The van der Waals surface area contributed by atoms with Gasteiger partial charge in [-0.1, -0.05) is 103 Å². The molecule has 0 N–H and O–H groups in total. The van der Waals surface area contributed by atoms with Crippen molar-refractivity contribution in [2.45, 2.75) is 19.6 Å². The lowest BCUT2D eigenvalue weighted by Crippen LogP contribution is -1.98. The second kappa shape index (κ2) is 9.54. The van der Waals surface area contributed by atoms with Crippen molar-refractivity contribution in [3.8, 4) is 44.9 Å². The zero-order chi connectivity index (χ0) is 31.4. The van der Waals surface area contributed by atoms with Gasteiger partial charge in [0.2, 0.25) is 0 Å². The van der Waals surface area contributed by atoms with Gasteiger partial charge in [-0.2, -0.15) is 0 Å². The topological polar surface area (TPSA) is 38.9 Å². The number of para-hydroxylation sites is 2. The molecule has 0 amide bonds. The molecule has 7 aromatic carbocycles. The summed E-state index contributed by atoms with van der Waals surface area (Å²) in [5, 5.41) is 3.25. The minimum absolute atomic E-state index is 0.719. The fourth-order valence-corrected chi connectivity index (χ4v) is 12.6. The predicted octanol–water partition coefficient (Wildman–Crippen LogP) is 12.2. The second-order valence-corrected chi connectivity index (χ2v) is 15.5. The Morgan fingerprint density at radius 1 is 0.396 bits per heavy atom. The molecular formula is C44H26N2OS. The predicted molar refractivity (Wildman–Crippen MR) is 196 cm³/mol. The molecule has 0 atom stereocenters. The van der Waals surface area contributed by atoms with Crippen LogP contribution in [-0.4, -0.2) is 9.97 Å². The third-order valence-corrected chi connectivity index (χ3v) is 14.1. The summed E-state index contributed by atoms with van der Waals surface area (Å²) in [6.07, 6.45) is 0. The Hall–Kier alpha value is -5.97. The molecule has 2 aliphatic rings. The zero-order valence-corrected chi connectivity index (χ0v) is 26.5. The van der Waals surface area contributed by atoms with Gasteiger partial charge < -0.3 is 4.42 Å². The third-order valence-electron chi connectivity index (χ3n) is 10.1. The molecule has 11 rings (SSSR count). The van der Waals surface area contributed by atoms with Crippen molar-refractivity contribution in [2.75, 3.05) is 0 Å². The summed E-state index contributed by atoms with van der Waals surface area (Å²) >= 11 is 0. The summed E-state index contributed by atoms with van der Waals surface area (Å²) in [5.74, 6) is 0.719. The highest BCUT2D eigenvalue weighted by Crippen LogP contribution is 2.84. The summed E-state index contributed by atoms with van der Waals surface area (Å²) in [4.78, 5) is 16.1. The minimum atomic E-state index is -1.63. The van der Waals surface area contributed by atoms with E-state index in [0.29, 0.717) is 0 Å². The number of benzene rings is 7. The molecule has 48 heavy (non-hydrogen) atoms. The first-order valence-corrected chi connectivity index (χ1v) is 17.9. The third kappa shape index (κ3) is 3.34. The molecule has 1 spiro atoms. The van der Waals surface area contributed by atoms with Crippen LogP contribution in [0.2, 0.25) is 0 Å². The van der Waals surface area contributed by atoms with E-state index in [-0.39, 0.29) is 0 Å². The van der Waals surface area contributed by atoms with Crippen molar-refractivity contribution in [2.24, 2.45) is 0 Å². The average molecular weight is 631 g/mol. The number of hydrogen-bond acceptors (Lipinski definition) is 3. The van der Waals surface area contributed by atoms with Gasteiger partial charge in [0, 0.05) is 46.9 Å². The molecule has 2 aliphatic heterocycles. The van der Waals surface area contributed by atoms with Crippen LogP contribution in [0.25, 0.3) is 77.7 Å². The van der Waals surface area contributed by atoms with Crippen LogP contribution in [0.1, 0.15) is 0 Å². The molecule has 2 aromatic heterocycles. The van der Waals surface area contributed by atoms with Crippen molar-refractivity contribution in [3.63, 3.8) is 0 Å². The molecule has 9 aromatic rings. The Morgan fingerprint density at radius 2 is 0.958 bits per heavy atom. The number of hydrogen-bond donors (Lipinski definition) is 0. The van der Waals surface area contributed by atoms with Gasteiger partial charge in [-0.05, 0) is 76.9 Å². The Balaban J connectivity index is 1.14. The normalized spacial score (nSPS) is 14.2. The number of nitrogens with zero attached hydrogens (tertiary/aromatic N) is 2. The highest BCUT2D eigenvalue weighted by Gasteiger charge is 2.47. The molecule has 0 unspecified atom stereocenters. The second-order valence-electron chi connectivity index (χ2n) is 12.5. The van der Waals surface area contributed by atoms with Gasteiger partial charge in [0.15, 0.2) is 5.82 Å². The van der Waals surface area contributed by atoms with Crippen LogP contribution in [0.5, 0.6) is 0 Å². The van der Waals surface area contributed by atoms with Crippen molar-refractivity contribution < 1.29 is 4.42 Å². The summed E-state index contributed by atoms with van der Waals surface area (Å²) in [7, 11) is -1.63. The first kappa shape index (κ1) is 26.1. The van der Waals surface area contributed by atoms with Crippen LogP contribution >= 0.6 is 10.0 Å². The van der Waals surface area contributed by atoms with E-state index in [0.717, 1.165) is 55.5 Å². The molecule has 0 saturated carbocycles. The van der Waals surface area contributed by atoms with E-state index in [2.05, 4.69) is 140 Å². The van der Waals surface area contributed by atoms with E-state index < -0.39 is 10.0 Å². The zero-order valence-electron chi connectivity index (χ0n) is 25.7. The van der Waals surface area contributed by atoms with Gasteiger partial charge in [0.1, 0.15) is 11.2 Å². The number of rotatable bonds is 2. The van der Waals surface area contributed by atoms with E-state index >= 15 is 0 Å². The van der Waals surface area contributed by atoms with Gasteiger partial charge >= 0.3 is 0 Å². The Labute approximate surface area is 278 Å². The van der Waals surface area contributed by atoms with E-state index in [1.807, 2.05) is 18.2 Å². The lowest BCUT2D eigenvalue weighted by molar-refractivity contribution is 0.669. The molecule has 0 fully saturated rings. The number of fused-ring (bicyclic) bond motifs is 14. The summed E-state index contributed by atoms with van der Waals surface area (Å²) in [5.41, 5.74) is 10.9.